The lowest BCUT2D eigenvalue weighted by Gasteiger charge is -2.19. The van der Waals surface area contributed by atoms with E-state index in [0.29, 0.717) is 12.0 Å². The summed E-state index contributed by atoms with van der Waals surface area (Å²) in [6, 6.07) is 18.4. The molecule has 4 heteroatoms. The van der Waals surface area contributed by atoms with Crippen LogP contribution in [-0.2, 0) is 9.53 Å². The fourth-order valence-corrected chi connectivity index (χ4v) is 2.20. The van der Waals surface area contributed by atoms with Crippen LogP contribution in [0.4, 0.5) is 0 Å². The van der Waals surface area contributed by atoms with Gasteiger partial charge in [-0.1, -0.05) is 48.5 Å². The molecule has 1 unspecified atom stereocenters. The smallest absolute Gasteiger partial charge is 0.305 e. The summed E-state index contributed by atoms with van der Waals surface area (Å²) in [6.45, 7) is 0. The van der Waals surface area contributed by atoms with Crippen LogP contribution >= 0.6 is 0 Å². The van der Waals surface area contributed by atoms with Gasteiger partial charge in [-0.15, -0.1) is 0 Å². The second-order valence-corrected chi connectivity index (χ2v) is 4.92. The first-order valence-electron chi connectivity index (χ1n) is 7.18. The topological polar surface area (TPSA) is 55.4 Å². The number of carbonyl (C=O) groups excluding carboxylic acids is 2. The monoisotopic (exact) mass is 297 g/mol. The second kappa shape index (κ2) is 7.98. The fraction of sp³-hybridized carbons (Fsp3) is 0.222. The van der Waals surface area contributed by atoms with Crippen LogP contribution in [0.3, 0.4) is 0 Å². The SMILES string of the molecule is COC(=O)CCC(NC(=O)c1ccccc1)c1ccccc1. The van der Waals surface area contributed by atoms with E-state index in [0.717, 1.165) is 5.56 Å². The molecule has 0 radical (unpaired) electrons. The maximum absolute atomic E-state index is 12.3. The molecular formula is C18H19NO3. The molecule has 0 aliphatic heterocycles. The molecule has 0 saturated heterocycles. The van der Waals surface area contributed by atoms with Crippen molar-refractivity contribution < 1.29 is 14.3 Å². The van der Waals surface area contributed by atoms with Gasteiger partial charge >= 0.3 is 5.97 Å². The molecule has 0 fully saturated rings. The molecule has 0 aromatic heterocycles. The van der Waals surface area contributed by atoms with Crippen molar-refractivity contribution >= 4 is 11.9 Å². The Kier molecular flexibility index (Phi) is 5.72. The van der Waals surface area contributed by atoms with E-state index in [1.165, 1.54) is 7.11 Å². The first-order chi connectivity index (χ1) is 10.7. The number of ether oxygens (including phenoxy) is 1. The van der Waals surface area contributed by atoms with Crippen molar-refractivity contribution in [1.29, 1.82) is 0 Å². The Morgan fingerprint density at radius 1 is 1.00 bits per heavy atom. The van der Waals surface area contributed by atoms with Crippen molar-refractivity contribution in [2.75, 3.05) is 7.11 Å². The highest BCUT2D eigenvalue weighted by Gasteiger charge is 2.17. The highest BCUT2D eigenvalue weighted by molar-refractivity contribution is 5.94. The van der Waals surface area contributed by atoms with E-state index < -0.39 is 0 Å². The normalized spacial score (nSPS) is 11.5. The predicted octanol–water partition coefficient (Wildman–Crippen LogP) is 3.11. The fourth-order valence-electron chi connectivity index (χ4n) is 2.20. The number of hydrogen-bond acceptors (Lipinski definition) is 3. The van der Waals surface area contributed by atoms with Crippen molar-refractivity contribution in [3.05, 3.63) is 71.8 Å². The molecule has 0 heterocycles. The Labute approximate surface area is 130 Å². The molecule has 4 nitrogen and oxygen atoms in total. The van der Waals surface area contributed by atoms with E-state index in [9.17, 15) is 9.59 Å². The number of benzene rings is 2. The predicted molar refractivity (Wildman–Crippen MR) is 84.3 cm³/mol. The molecule has 2 aromatic rings. The molecule has 22 heavy (non-hydrogen) atoms. The van der Waals surface area contributed by atoms with Gasteiger partial charge in [-0.3, -0.25) is 9.59 Å². The highest BCUT2D eigenvalue weighted by atomic mass is 16.5. The maximum atomic E-state index is 12.3. The summed E-state index contributed by atoms with van der Waals surface area (Å²) in [5.74, 6) is -0.436. The number of amides is 1. The molecule has 114 valence electrons. The van der Waals surface area contributed by atoms with Gasteiger partial charge in [0.25, 0.3) is 5.91 Å². The number of nitrogens with one attached hydrogen (secondary N) is 1. The molecule has 1 atom stereocenters. The average Bonchev–Trinajstić information content (AvgIpc) is 2.59. The lowest BCUT2D eigenvalue weighted by atomic mass is 10.0. The molecule has 0 aliphatic carbocycles. The van der Waals surface area contributed by atoms with E-state index in [4.69, 9.17) is 0 Å². The molecule has 0 spiro atoms. The first-order valence-corrected chi connectivity index (χ1v) is 7.18. The van der Waals surface area contributed by atoms with Crippen LogP contribution in [0.5, 0.6) is 0 Å². The number of hydrogen-bond donors (Lipinski definition) is 1. The molecule has 1 N–H and O–H groups in total. The Balaban J connectivity index is 2.10. The van der Waals surface area contributed by atoms with Crippen molar-refractivity contribution in [3.63, 3.8) is 0 Å². The van der Waals surface area contributed by atoms with Gasteiger partial charge in [0.05, 0.1) is 13.2 Å². The van der Waals surface area contributed by atoms with Gasteiger partial charge in [0.2, 0.25) is 0 Å². The van der Waals surface area contributed by atoms with Gasteiger partial charge in [-0.25, -0.2) is 0 Å². The zero-order valence-electron chi connectivity index (χ0n) is 12.5. The molecule has 0 bridgehead atoms. The van der Waals surface area contributed by atoms with E-state index in [-0.39, 0.29) is 24.3 Å². The van der Waals surface area contributed by atoms with Crippen LogP contribution in [-0.4, -0.2) is 19.0 Å². The molecule has 0 aliphatic rings. The lowest BCUT2D eigenvalue weighted by molar-refractivity contribution is -0.140. The van der Waals surface area contributed by atoms with Crippen LogP contribution in [0.25, 0.3) is 0 Å². The van der Waals surface area contributed by atoms with Gasteiger partial charge in [0, 0.05) is 12.0 Å². The molecule has 1 amide bonds. The second-order valence-electron chi connectivity index (χ2n) is 4.92. The summed E-state index contributed by atoms with van der Waals surface area (Å²) >= 11 is 0. The average molecular weight is 297 g/mol. The van der Waals surface area contributed by atoms with Gasteiger partial charge in [-0.2, -0.15) is 0 Å². The lowest BCUT2D eigenvalue weighted by Crippen LogP contribution is -2.29. The summed E-state index contributed by atoms with van der Waals surface area (Å²) in [5, 5.41) is 2.98. The Hall–Kier alpha value is -2.62. The van der Waals surface area contributed by atoms with Gasteiger partial charge in [0.1, 0.15) is 0 Å². The quantitative estimate of drug-likeness (QED) is 0.834. The first kappa shape index (κ1) is 15.8. The Morgan fingerprint density at radius 2 is 1.59 bits per heavy atom. The summed E-state index contributed by atoms with van der Waals surface area (Å²) in [7, 11) is 1.36. The van der Waals surface area contributed by atoms with Crippen LogP contribution in [0, 0.1) is 0 Å². The van der Waals surface area contributed by atoms with Gasteiger partial charge < -0.3 is 10.1 Å². The molecule has 0 saturated carbocycles. The standard InChI is InChI=1S/C18H19NO3/c1-22-17(20)13-12-16(14-8-4-2-5-9-14)19-18(21)15-10-6-3-7-11-15/h2-11,16H,12-13H2,1H3,(H,19,21). The van der Waals surface area contributed by atoms with Crippen LogP contribution in [0.2, 0.25) is 0 Å². The minimum Gasteiger partial charge on any atom is -0.469 e. The minimum atomic E-state index is -0.283. The number of methoxy groups -OCH3 is 1. The van der Waals surface area contributed by atoms with Crippen molar-refractivity contribution in [2.24, 2.45) is 0 Å². The van der Waals surface area contributed by atoms with E-state index in [1.54, 1.807) is 12.1 Å². The Morgan fingerprint density at radius 3 is 2.18 bits per heavy atom. The largest absolute Gasteiger partial charge is 0.469 e. The van der Waals surface area contributed by atoms with Crippen molar-refractivity contribution in [2.45, 2.75) is 18.9 Å². The third-order valence-electron chi connectivity index (χ3n) is 3.41. The van der Waals surface area contributed by atoms with Gasteiger partial charge in [0.15, 0.2) is 0 Å². The Bertz CT molecular complexity index is 611. The van der Waals surface area contributed by atoms with Crippen molar-refractivity contribution in [3.8, 4) is 0 Å². The van der Waals surface area contributed by atoms with Crippen LogP contribution in [0.15, 0.2) is 60.7 Å². The van der Waals surface area contributed by atoms with Crippen molar-refractivity contribution in [1.82, 2.24) is 5.32 Å². The summed E-state index contributed by atoms with van der Waals surface area (Å²) in [5.41, 5.74) is 1.57. The molecular weight excluding hydrogens is 278 g/mol. The van der Waals surface area contributed by atoms with E-state index in [1.807, 2.05) is 48.5 Å². The zero-order chi connectivity index (χ0) is 15.8. The van der Waals surface area contributed by atoms with Gasteiger partial charge in [-0.05, 0) is 24.1 Å². The van der Waals surface area contributed by atoms with E-state index in [2.05, 4.69) is 10.1 Å². The van der Waals surface area contributed by atoms with E-state index >= 15 is 0 Å². The highest BCUT2D eigenvalue weighted by Crippen LogP contribution is 2.19. The third kappa shape index (κ3) is 4.45. The number of esters is 1. The zero-order valence-corrected chi connectivity index (χ0v) is 12.5. The molecule has 2 rings (SSSR count). The summed E-state index contributed by atoms with van der Waals surface area (Å²) in [4.78, 5) is 23.7. The van der Waals surface area contributed by atoms with Crippen LogP contribution in [0.1, 0.15) is 34.8 Å². The number of carbonyl (C=O) groups is 2. The number of rotatable bonds is 6. The minimum absolute atomic E-state index is 0.153. The maximum Gasteiger partial charge on any atom is 0.305 e. The summed E-state index contributed by atoms with van der Waals surface area (Å²) < 4.78 is 4.67. The third-order valence-corrected chi connectivity index (χ3v) is 3.41. The molecule has 2 aromatic carbocycles. The van der Waals surface area contributed by atoms with Crippen LogP contribution < -0.4 is 5.32 Å². The summed E-state index contributed by atoms with van der Waals surface area (Å²) in [6.07, 6.45) is 0.750.